The van der Waals surface area contributed by atoms with E-state index < -0.39 is 0 Å². The summed E-state index contributed by atoms with van der Waals surface area (Å²) in [5.74, 6) is 0. The van der Waals surface area contributed by atoms with Crippen molar-refractivity contribution in [3.8, 4) is 0 Å². The molecule has 0 atom stereocenters. The molecule has 0 aromatic rings. The van der Waals surface area contributed by atoms with Crippen LogP contribution in [-0.2, 0) is 0 Å². The topological polar surface area (TPSA) is 6.25 Å². The zero-order valence-electron chi connectivity index (χ0n) is 11.7. The molecule has 1 aliphatic rings. The molecule has 2 nitrogen and oxygen atoms in total. The second-order valence-electron chi connectivity index (χ2n) is 5.06. The first-order valence-corrected chi connectivity index (χ1v) is 6.77. The molecule has 0 aliphatic carbocycles. The third-order valence-corrected chi connectivity index (χ3v) is 3.15. The smallest absolute Gasteiger partial charge is 0.175 e. The van der Waals surface area contributed by atoms with Crippen LogP contribution in [0.15, 0.2) is 24.4 Å². The van der Waals surface area contributed by atoms with Gasteiger partial charge < -0.3 is 4.90 Å². The summed E-state index contributed by atoms with van der Waals surface area (Å²) < 4.78 is 2.42. The predicted octanol–water partition coefficient (Wildman–Crippen LogP) is 3.06. The number of hydrogen-bond acceptors (Lipinski definition) is 1. The summed E-state index contributed by atoms with van der Waals surface area (Å²) >= 11 is 0. The maximum atomic E-state index is 2.42. The third-order valence-electron chi connectivity index (χ3n) is 3.15. The largest absolute Gasteiger partial charge is 0.384 e. The molecular weight excluding hydrogens is 208 g/mol. The van der Waals surface area contributed by atoms with Gasteiger partial charge in [0, 0.05) is 33.0 Å². The third kappa shape index (κ3) is 6.30. The molecule has 0 aromatic carbocycles. The molecule has 0 N–H and O–H groups in total. The van der Waals surface area contributed by atoms with Crippen molar-refractivity contribution in [2.45, 2.75) is 38.5 Å². The highest BCUT2D eigenvalue weighted by atomic mass is 15.0. The molecule has 2 heteroatoms. The van der Waals surface area contributed by atoms with Crippen molar-refractivity contribution in [2.24, 2.45) is 0 Å². The molecule has 0 fully saturated rings. The summed E-state index contributed by atoms with van der Waals surface area (Å²) in [6, 6.07) is 0. The van der Waals surface area contributed by atoms with Crippen LogP contribution in [0.4, 0.5) is 0 Å². The van der Waals surface area contributed by atoms with Gasteiger partial charge >= 0.3 is 0 Å². The number of hydrogen-bond donors (Lipinski definition) is 0. The van der Waals surface area contributed by atoms with Crippen LogP contribution in [0.3, 0.4) is 0 Å². The number of allylic oxidation sites excluding steroid dienone is 3. The van der Waals surface area contributed by atoms with Crippen LogP contribution in [-0.4, -0.2) is 42.9 Å². The lowest BCUT2D eigenvalue weighted by Gasteiger charge is -2.08. The van der Waals surface area contributed by atoms with E-state index in [-0.39, 0.29) is 0 Å². The van der Waals surface area contributed by atoms with E-state index in [4.69, 9.17) is 0 Å². The normalized spacial score (nSPS) is 23.0. The van der Waals surface area contributed by atoms with Crippen molar-refractivity contribution in [1.29, 1.82) is 0 Å². The number of rotatable bonds is 4. The van der Waals surface area contributed by atoms with E-state index >= 15 is 0 Å². The zero-order chi connectivity index (χ0) is 12.5. The highest BCUT2D eigenvalue weighted by molar-refractivity contribution is 5.90. The minimum Gasteiger partial charge on any atom is -0.384 e. The quantitative estimate of drug-likeness (QED) is 0.679. The Morgan fingerprint density at radius 2 is 1.88 bits per heavy atom. The van der Waals surface area contributed by atoms with E-state index in [0.717, 1.165) is 6.42 Å². The van der Waals surface area contributed by atoms with Crippen molar-refractivity contribution in [2.75, 3.05) is 27.7 Å². The molecule has 17 heavy (non-hydrogen) atoms. The monoisotopic (exact) mass is 235 g/mol. The fourth-order valence-electron chi connectivity index (χ4n) is 2.11. The van der Waals surface area contributed by atoms with E-state index in [1.807, 2.05) is 0 Å². The average Bonchev–Trinajstić information content (AvgIpc) is 2.26. The van der Waals surface area contributed by atoms with Gasteiger partial charge in [-0.3, -0.25) is 0 Å². The van der Waals surface area contributed by atoms with Crippen LogP contribution in [0.2, 0.25) is 0 Å². The van der Waals surface area contributed by atoms with Gasteiger partial charge in [-0.15, -0.1) is 0 Å². The summed E-state index contributed by atoms with van der Waals surface area (Å²) in [4.78, 5) is 2.07. The van der Waals surface area contributed by atoms with Crippen molar-refractivity contribution in [3.63, 3.8) is 0 Å². The zero-order valence-corrected chi connectivity index (χ0v) is 11.7. The lowest BCUT2D eigenvalue weighted by Crippen LogP contribution is -2.18. The van der Waals surface area contributed by atoms with Crippen LogP contribution >= 0.6 is 0 Å². The average molecular weight is 235 g/mol. The van der Waals surface area contributed by atoms with Crippen LogP contribution in [0.25, 0.3) is 0 Å². The van der Waals surface area contributed by atoms with E-state index in [1.165, 1.54) is 44.4 Å². The molecule has 0 radical (unpaired) electrons. The van der Waals surface area contributed by atoms with Crippen LogP contribution in [0.1, 0.15) is 38.5 Å². The Morgan fingerprint density at radius 1 is 1.12 bits per heavy atom. The van der Waals surface area contributed by atoms with Gasteiger partial charge in [0.05, 0.1) is 0 Å². The second-order valence-corrected chi connectivity index (χ2v) is 5.06. The van der Waals surface area contributed by atoms with E-state index in [0.29, 0.717) is 0 Å². The van der Waals surface area contributed by atoms with Gasteiger partial charge in [-0.25, -0.2) is 4.58 Å². The summed E-state index contributed by atoms with van der Waals surface area (Å²) in [5, 5.41) is 0. The van der Waals surface area contributed by atoms with E-state index in [9.17, 15) is 0 Å². The summed E-state index contributed by atoms with van der Waals surface area (Å²) in [6.45, 7) is 1.22. The van der Waals surface area contributed by atoms with E-state index in [1.54, 1.807) is 0 Å². The molecule has 0 amide bonds. The molecule has 96 valence electrons. The lowest BCUT2D eigenvalue weighted by atomic mass is 10.1. The molecule has 0 saturated carbocycles. The number of nitrogens with zero attached hydrogens (tertiary/aromatic N) is 2. The van der Waals surface area contributed by atoms with Crippen molar-refractivity contribution >= 4 is 5.71 Å². The van der Waals surface area contributed by atoms with Gasteiger partial charge in [0.1, 0.15) is 13.6 Å². The van der Waals surface area contributed by atoms with Gasteiger partial charge in [0.25, 0.3) is 0 Å². The maximum Gasteiger partial charge on any atom is 0.175 e. The van der Waals surface area contributed by atoms with Crippen molar-refractivity contribution in [1.82, 2.24) is 4.90 Å². The molecule has 0 aromatic heterocycles. The van der Waals surface area contributed by atoms with Crippen molar-refractivity contribution in [3.05, 3.63) is 24.4 Å². The Morgan fingerprint density at radius 3 is 2.65 bits per heavy atom. The molecule has 0 spiro atoms. The first kappa shape index (κ1) is 14.0. The molecule has 0 bridgehead atoms. The molecule has 1 rings (SSSR count). The molecule has 0 unspecified atom stereocenters. The van der Waals surface area contributed by atoms with Crippen LogP contribution in [0.5, 0.6) is 0 Å². The Balaban J connectivity index is 2.46. The summed E-state index contributed by atoms with van der Waals surface area (Å²) in [7, 11) is 6.33. The van der Waals surface area contributed by atoms with Gasteiger partial charge in [0.15, 0.2) is 5.71 Å². The molecule has 1 heterocycles. The minimum absolute atomic E-state index is 1.02. The highest BCUT2D eigenvalue weighted by Gasteiger charge is 2.10. The SMILES string of the molecule is CN(C)/C=C/C/C=C/C1=[N+](\C)CCCCCC1. The first-order valence-electron chi connectivity index (χ1n) is 6.77. The van der Waals surface area contributed by atoms with Gasteiger partial charge in [0.2, 0.25) is 0 Å². The Bertz CT molecular complexity index is 298. The predicted molar refractivity (Wildman–Crippen MR) is 75.7 cm³/mol. The molecular formula is C15H27N2+. The van der Waals surface area contributed by atoms with Crippen LogP contribution in [0, 0.1) is 0 Å². The highest BCUT2D eigenvalue weighted by Crippen LogP contribution is 2.09. The second kappa shape index (κ2) is 8.10. The van der Waals surface area contributed by atoms with Gasteiger partial charge in [-0.2, -0.15) is 0 Å². The first-order chi connectivity index (χ1) is 8.20. The summed E-state index contributed by atoms with van der Waals surface area (Å²) in [5.41, 5.74) is 1.50. The Kier molecular flexibility index (Phi) is 6.68. The summed E-state index contributed by atoms with van der Waals surface area (Å²) in [6.07, 6.45) is 16.6. The maximum absolute atomic E-state index is 2.42. The van der Waals surface area contributed by atoms with Crippen molar-refractivity contribution < 1.29 is 4.58 Å². The van der Waals surface area contributed by atoms with Crippen LogP contribution < -0.4 is 0 Å². The molecule has 1 aliphatic heterocycles. The Hall–Kier alpha value is -1.05. The minimum atomic E-state index is 1.02. The standard InChI is InChI=1S/C15H27N2/c1-16(2)13-9-6-8-12-15-11-7-4-5-10-14-17(15)3/h8-9,12-13H,4-7,10-11,14H2,1-3H3/q+1/b12-8+,13-9+,17-15+. The fraction of sp³-hybridized carbons (Fsp3) is 0.667. The van der Waals surface area contributed by atoms with Gasteiger partial charge in [-0.1, -0.05) is 18.6 Å². The fourth-order valence-corrected chi connectivity index (χ4v) is 2.11. The lowest BCUT2D eigenvalue weighted by molar-refractivity contribution is -0.498. The molecule has 0 saturated heterocycles. The van der Waals surface area contributed by atoms with E-state index in [2.05, 4.69) is 55.0 Å². The Labute approximate surface area is 106 Å². The van der Waals surface area contributed by atoms with Gasteiger partial charge in [-0.05, 0) is 25.5 Å².